The van der Waals surface area contributed by atoms with Gasteiger partial charge < -0.3 is 5.32 Å². The van der Waals surface area contributed by atoms with E-state index in [0.717, 1.165) is 33.6 Å². The van der Waals surface area contributed by atoms with E-state index in [0.29, 0.717) is 0 Å². The van der Waals surface area contributed by atoms with Gasteiger partial charge in [0.1, 0.15) is 0 Å². The molecule has 172 valence electrons. The van der Waals surface area contributed by atoms with Crippen LogP contribution in [0.3, 0.4) is 0 Å². The maximum Gasteiger partial charge on any atom is 0.244 e. The van der Waals surface area contributed by atoms with Crippen molar-refractivity contribution in [2.45, 2.75) is 18.4 Å². The maximum atomic E-state index is 12.4. The van der Waals surface area contributed by atoms with E-state index >= 15 is 0 Å². The number of primary sulfonamides is 1. The lowest BCUT2D eigenvalue weighted by atomic mass is 10.1. The number of para-hydroxylation sites is 1. The van der Waals surface area contributed by atoms with Crippen LogP contribution in [0.5, 0.6) is 0 Å². The molecule has 1 aromatic heterocycles. The number of hydrogen-bond donors (Lipinski definition) is 2. The zero-order valence-corrected chi connectivity index (χ0v) is 19.4. The standard InChI is InChI=1S/C26H24N4O3S/c1-19-7-11-21(12-8-19)26-22(18-30(29-26)23-5-3-2-4-6-23)13-16-25(31)28-17-20-9-14-24(15-10-20)34(27,32)33/h2-16,18H,17H2,1H3,(H,28,31)(H2,27,32,33). The van der Waals surface area contributed by atoms with Crippen LogP contribution in [0.2, 0.25) is 0 Å². The van der Waals surface area contributed by atoms with E-state index in [4.69, 9.17) is 10.2 Å². The molecule has 0 atom stereocenters. The van der Waals surface area contributed by atoms with Gasteiger partial charge in [0.05, 0.1) is 16.3 Å². The van der Waals surface area contributed by atoms with Crippen molar-refractivity contribution in [2.24, 2.45) is 5.14 Å². The minimum absolute atomic E-state index is 0.0292. The molecule has 0 unspecified atom stereocenters. The average Bonchev–Trinajstić information content (AvgIpc) is 3.26. The number of nitrogens with one attached hydrogen (secondary N) is 1. The topological polar surface area (TPSA) is 107 Å². The molecule has 0 saturated carbocycles. The summed E-state index contributed by atoms with van der Waals surface area (Å²) in [6.45, 7) is 2.28. The highest BCUT2D eigenvalue weighted by molar-refractivity contribution is 7.89. The van der Waals surface area contributed by atoms with Crippen LogP contribution in [0.25, 0.3) is 23.0 Å². The summed E-state index contributed by atoms with van der Waals surface area (Å²) in [5.41, 5.74) is 5.36. The number of carbonyl (C=O) groups excluding carboxylic acids is 1. The minimum atomic E-state index is -3.74. The fourth-order valence-corrected chi connectivity index (χ4v) is 3.88. The average molecular weight is 473 g/mol. The smallest absolute Gasteiger partial charge is 0.244 e. The van der Waals surface area contributed by atoms with Crippen molar-refractivity contribution >= 4 is 22.0 Å². The van der Waals surface area contributed by atoms with Crippen LogP contribution in [0.1, 0.15) is 16.7 Å². The lowest BCUT2D eigenvalue weighted by Crippen LogP contribution is -2.20. The fourth-order valence-electron chi connectivity index (χ4n) is 3.37. The first-order chi connectivity index (χ1) is 16.3. The summed E-state index contributed by atoms with van der Waals surface area (Å²) in [6.07, 6.45) is 5.09. The lowest BCUT2D eigenvalue weighted by molar-refractivity contribution is -0.116. The van der Waals surface area contributed by atoms with Gasteiger partial charge in [-0.2, -0.15) is 5.10 Å². The first kappa shape index (κ1) is 23.2. The van der Waals surface area contributed by atoms with E-state index in [-0.39, 0.29) is 17.3 Å². The Hall–Kier alpha value is -4.01. The van der Waals surface area contributed by atoms with Crippen LogP contribution >= 0.6 is 0 Å². The number of sulfonamides is 1. The second-order valence-electron chi connectivity index (χ2n) is 7.82. The van der Waals surface area contributed by atoms with E-state index in [1.54, 1.807) is 22.9 Å². The summed E-state index contributed by atoms with van der Waals surface area (Å²) in [7, 11) is -3.74. The molecular weight excluding hydrogens is 448 g/mol. The predicted octanol–water partition coefficient (Wildman–Crippen LogP) is 3.82. The molecule has 3 N–H and O–H groups in total. The van der Waals surface area contributed by atoms with Gasteiger partial charge >= 0.3 is 0 Å². The van der Waals surface area contributed by atoms with Crippen LogP contribution in [0.15, 0.2) is 96.0 Å². The Morgan fingerprint density at radius 1 is 1.00 bits per heavy atom. The molecule has 0 aliphatic rings. The highest BCUT2D eigenvalue weighted by Crippen LogP contribution is 2.25. The number of amides is 1. The third kappa shape index (κ3) is 5.67. The van der Waals surface area contributed by atoms with Gasteiger partial charge in [-0.1, -0.05) is 60.2 Å². The van der Waals surface area contributed by atoms with E-state index < -0.39 is 10.0 Å². The molecule has 1 amide bonds. The third-order valence-corrected chi connectivity index (χ3v) is 6.15. The molecule has 34 heavy (non-hydrogen) atoms. The molecule has 0 radical (unpaired) electrons. The Morgan fingerprint density at radius 2 is 1.68 bits per heavy atom. The molecule has 3 aromatic carbocycles. The Kier molecular flexibility index (Phi) is 6.72. The van der Waals surface area contributed by atoms with Crippen LogP contribution in [-0.2, 0) is 21.4 Å². The van der Waals surface area contributed by atoms with Crippen molar-refractivity contribution in [1.29, 1.82) is 0 Å². The van der Waals surface area contributed by atoms with E-state index in [2.05, 4.69) is 5.32 Å². The van der Waals surface area contributed by atoms with Crippen LogP contribution < -0.4 is 10.5 Å². The SMILES string of the molecule is Cc1ccc(-c2nn(-c3ccccc3)cc2C=CC(=O)NCc2ccc(S(N)(=O)=O)cc2)cc1. The van der Waals surface area contributed by atoms with Crippen molar-refractivity contribution in [3.63, 3.8) is 0 Å². The summed E-state index contributed by atoms with van der Waals surface area (Å²) in [4.78, 5) is 12.5. The second-order valence-corrected chi connectivity index (χ2v) is 9.38. The molecule has 4 aromatic rings. The third-order valence-electron chi connectivity index (χ3n) is 5.22. The number of nitrogens with two attached hydrogens (primary N) is 1. The van der Waals surface area contributed by atoms with Crippen molar-refractivity contribution in [3.05, 3.63) is 108 Å². The van der Waals surface area contributed by atoms with Crippen molar-refractivity contribution < 1.29 is 13.2 Å². The number of rotatable bonds is 7. The highest BCUT2D eigenvalue weighted by Gasteiger charge is 2.11. The largest absolute Gasteiger partial charge is 0.348 e. The van der Waals surface area contributed by atoms with Crippen LogP contribution in [0.4, 0.5) is 0 Å². The van der Waals surface area contributed by atoms with Gasteiger partial charge in [-0.25, -0.2) is 18.2 Å². The summed E-state index contributed by atoms with van der Waals surface area (Å²) in [6, 6.07) is 23.9. The summed E-state index contributed by atoms with van der Waals surface area (Å²) in [5.74, 6) is -0.280. The Balaban J connectivity index is 1.52. The molecule has 7 nitrogen and oxygen atoms in total. The maximum absolute atomic E-state index is 12.4. The number of benzene rings is 3. The van der Waals surface area contributed by atoms with Gasteiger partial charge in [0, 0.05) is 29.9 Å². The Labute approximate surface area is 198 Å². The molecule has 0 saturated heterocycles. The Morgan fingerprint density at radius 3 is 2.32 bits per heavy atom. The molecular formula is C26H24N4O3S. The molecule has 0 aliphatic heterocycles. The predicted molar refractivity (Wildman–Crippen MR) is 132 cm³/mol. The van der Waals surface area contributed by atoms with Crippen LogP contribution in [0, 0.1) is 6.92 Å². The van der Waals surface area contributed by atoms with E-state index in [1.807, 2.05) is 67.7 Å². The molecule has 4 rings (SSSR count). The van der Waals surface area contributed by atoms with Gasteiger partial charge in [0.2, 0.25) is 15.9 Å². The number of aryl methyl sites for hydroxylation is 1. The zero-order valence-electron chi connectivity index (χ0n) is 18.5. The van der Waals surface area contributed by atoms with Crippen molar-refractivity contribution in [2.75, 3.05) is 0 Å². The number of aromatic nitrogens is 2. The van der Waals surface area contributed by atoms with Gasteiger partial charge in [-0.15, -0.1) is 0 Å². The van der Waals surface area contributed by atoms with Gasteiger partial charge in [-0.3, -0.25) is 4.79 Å². The van der Waals surface area contributed by atoms with Gasteiger partial charge in [-0.05, 0) is 42.8 Å². The summed E-state index contributed by atoms with van der Waals surface area (Å²) >= 11 is 0. The van der Waals surface area contributed by atoms with Crippen molar-refractivity contribution in [3.8, 4) is 16.9 Å². The Bertz CT molecular complexity index is 1420. The van der Waals surface area contributed by atoms with Gasteiger partial charge in [0.15, 0.2) is 0 Å². The minimum Gasteiger partial charge on any atom is -0.348 e. The lowest BCUT2D eigenvalue weighted by Gasteiger charge is -2.04. The highest BCUT2D eigenvalue weighted by atomic mass is 32.2. The number of hydrogen-bond acceptors (Lipinski definition) is 4. The zero-order chi connectivity index (χ0) is 24.1. The molecule has 1 heterocycles. The first-order valence-corrected chi connectivity index (χ1v) is 12.1. The first-order valence-electron chi connectivity index (χ1n) is 10.6. The molecule has 8 heteroatoms. The molecule has 0 aliphatic carbocycles. The summed E-state index contributed by atoms with van der Waals surface area (Å²) in [5, 5.41) is 12.7. The normalized spacial score (nSPS) is 11.6. The van der Waals surface area contributed by atoms with Crippen molar-refractivity contribution in [1.82, 2.24) is 15.1 Å². The van der Waals surface area contributed by atoms with E-state index in [9.17, 15) is 13.2 Å². The fraction of sp³-hybridized carbons (Fsp3) is 0.0769. The second kappa shape index (κ2) is 9.86. The quantitative estimate of drug-likeness (QED) is 0.399. The summed E-state index contributed by atoms with van der Waals surface area (Å²) < 4.78 is 24.5. The molecule has 0 spiro atoms. The van der Waals surface area contributed by atoms with Crippen LogP contribution in [-0.4, -0.2) is 24.1 Å². The molecule has 0 fully saturated rings. The number of nitrogens with zero attached hydrogens (tertiary/aromatic N) is 2. The van der Waals surface area contributed by atoms with E-state index in [1.165, 1.54) is 18.2 Å². The monoisotopic (exact) mass is 472 g/mol. The molecule has 0 bridgehead atoms. The number of carbonyl (C=O) groups is 1. The van der Waals surface area contributed by atoms with Gasteiger partial charge in [0.25, 0.3) is 0 Å².